The Kier molecular flexibility index (Phi) is 4.39. The Hall–Kier alpha value is -1.88. The third-order valence-electron chi connectivity index (χ3n) is 3.81. The maximum Gasteiger partial charge on any atom is 0.335 e. The topological polar surface area (TPSA) is 69.6 Å². The molecule has 108 valence electrons. The Balaban J connectivity index is 2.07. The average molecular weight is 276 g/mol. The molecule has 1 saturated heterocycles. The number of hydrogen-bond donors (Lipinski definition) is 2. The molecule has 1 aromatic carbocycles. The standard InChI is InChI=1S/C15H20N2O3/c1-10-9-12(7-8-16-10)14(18)17(2)13-5-3-11(4-6-13)15(19)20/h3-6,10,12,16H,7-9H2,1-2H3,(H,19,20). The highest BCUT2D eigenvalue weighted by molar-refractivity contribution is 5.95. The molecule has 5 nitrogen and oxygen atoms in total. The van der Waals surface area contributed by atoms with Crippen LogP contribution in [-0.4, -0.2) is 36.6 Å². The Morgan fingerprint density at radius 2 is 1.95 bits per heavy atom. The van der Waals surface area contributed by atoms with E-state index in [4.69, 9.17) is 5.11 Å². The molecular formula is C15H20N2O3. The molecule has 2 N–H and O–H groups in total. The molecule has 5 heteroatoms. The van der Waals surface area contributed by atoms with E-state index < -0.39 is 5.97 Å². The maximum absolute atomic E-state index is 12.4. The van der Waals surface area contributed by atoms with Crippen LogP contribution >= 0.6 is 0 Å². The normalized spacial score (nSPS) is 22.3. The number of amides is 1. The molecular weight excluding hydrogens is 256 g/mol. The third-order valence-corrected chi connectivity index (χ3v) is 3.81. The summed E-state index contributed by atoms with van der Waals surface area (Å²) in [6, 6.07) is 6.75. The molecule has 0 radical (unpaired) electrons. The van der Waals surface area contributed by atoms with Gasteiger partial charge in [0.05, 0.1) is 5.56 Å². The van der Waals surface area contributed by atoms with E-state index in [-0.39, 0.29) is 17.4 Å². The average Bonchev–Trinajstić information content (AvgIpc) is 2.46. The smallest absolute Gasteiger partial charge is 0.335 e. The van der Waals surface area contributed by atoms with Crippen molar-refractivity contribution in [2.45, 2.75) is 25.8 Å². The Morgan fingerprint density at radius 1 is 1.30 bits per heavy atom. The monoisotopic (exact) mass is 276 g/mol. The number of carbonyl (C=O) groups excluding carboxylic acids is 1. The lowest BCUT2D eigenvalue weighted by Crippen LogP contribution is -2.43. The number of carbonyl (C=O) groups is 2. The first-order chi connectivity index (χ1) is 9.49. The molecule has 20 heavy (non-hydrogen) atoms. The van der Waals surface area contributed by atoms with E-state index in [1.807, 2.05) is 0 Å². The van der Waals surface area contributed by atoms with Crippen molar-refractivity contribution in [1.29, 1.82) is 0 Å². The minimum atomic E-state index is -0.960. The molecule has 1 heterocycles. The molecule has 2 atom stereocenters. The first kappa shape index (κ1) is 14.5. The van der Waals surface area contributed by atoms with E-state index in [2.05, 4.69) is 12.2 Å². The Morgan fingerprint density at radius 3 is 2.50 bits per heavy atom. The van der Waals surface area contributed by atoms with Gasteiger partial charge in [0.25, 0.3) is 0 Å². The van der Waals surface area contributed by atoms with Crippen LogP contribution in [0.25, 0.3) is 0 Å². The van der Waals surface area contributed by atoms with E-state index in [0.717, 1.165) is 25.1 Å². The number of anilines is 1. The highest BCUT2D eigenvalue weighted by atomic mass is 16.4. The van der Waals surface area contributed by atoms with Gasteiger partial charge in [-0.15, -0.1) is 0 Å². The van der Waals surface area contributed by atoms with Gasteiger partial charge in [-0.1, -0.05) is 0 Å². The number of rotatable bonds is 3. The second kappa shape index (κ2) is 6.05. The minimum Gasteiger partial charge on any atom is -0.478 e. The van der Waals surface area contributed by atoms with Crippen molar-refractivity contribution in [3.8, 4) is 0 Å². The summed E-state index contributed by atoms with van der Waals surface area (Å²) in [5.74, 6) is -0.825. The quantitative estimate of drug-likeness (QED) is 0.882. The summed E-state index contributed by atoms with van der Waals surface area (Å²) in [6.45, 7) is 2.95. The van der Waals surface area contributed by atoms with E-state index in [9.17, 15) is 9.59 Å². The van der Waals surface area contributed by atoms with Crippen molar-refractivity contribution in [2.75, 3.05) is 18.5 Å². The Labute approximate surface area is 118 Å². The fourth-order valence-electron chi connectivity index (χ4n) is 2.58. The third kappa shape index (κ3) is 3.17. The zero-order chi connectivity index (χ0) is 14.7. The molecule has 2 rings (SSSR count). The number of hydrogen-bond acceptors (Lipinski definition) is 3. The van der Waals surface area contributed by atoms with Gasteiger partial charge in [-0.3, -0.25) is 4.79 Å². The van der Waals surface area contributed by atoms with E-state index in [1.165, 1.54) is 12.1 Å². The second-order valence-electron chi connectivity index (χ2n) is 5.33. The zero-order valence-electron chi connectivity index (χ0n) is 11.8. The number of carboxylic acids is 1. The van der Waals surface area contributed by atoms with Crippen LogP contribution in [0.2, 0.25) is 0 Å². The number of piperidine rings is 1. The molecule has 1 aliphatic heterocycles. The molecule has 0 bridgehead atoms. The molecule has 1 amide bonds. The van der Waals surface area contributed by atoms with Crippen molar-refractivity contribution in [1.82, 2.24) is 5.32 Å². The van der Waals surface area contributed by atoms with Crippen molar-refractivity contribution < 1.29 is 14.7 Å². The number of benzene rings is 1. The van der Waals surface area contributed by atoms with Gasteiger partial charge < -0.3 is 15.3 Å². The lowest BCUT2D eigenvalue weighted by Gasteiger charge is -2.30. The molecule has 1 aromatic rings. The van der Waals surface area contributed by atoms with Crippen molar-refractivity contribution in [2.24, 2.45) is 5.92 Å². The van der Waals surface area contributed by atoms with Crippen LogP contribution < -0.4 is 10.2 Å². The number of nitrogens with zero attached hydrogens (tertiary/aromatic N) is 1. The minimum absolute atomic E-state index is 0.0374. The van der Waals surface area contributed by atoms with E-state index in [0.29, 0.717) is 6.04 Å². The largest absolute Gasteiger partial charge is 0.478 e. The molecule has 0 aromatic heterocycles. The second-order valence-corrected chi connectivity index (χ2v) is 5.33. The summed E-state index contributed by atoms with van der Waals surface area (Å²) in [7, 11) is 1.74. The van der Waals surface area contributed by atoms with Crippen molar-refractivity contribution >= 4 is 17.6 Å². The SMILES string of the molecule is CC1CC(C(=O)N(C)c2ccc(C(=O)O)cc2)CCN1. The fraction of sp³-hybridized carbons (Fsp3) is 0.467. The number of nitrogens with one attached hydrogen (secondary N) is 1. The summed E-state index contributed by atoms with van der Waals surface area (Å²) >= 11 is 0. The molecule has 1 fully saturated rings. The van der Waals surface area contributed by atoms with Crippen LogP contribution in [0, 0.1) is 5.92 Å². The summed E-state index contributed by atoms with van der Waals surface area (Å²) in [4.78, 5) is 24.9. The van der Waals surface area contributed by atoms with Gasteiger partial charge in [0, 0.05) is 24.7 Å². The lowest BCUT2D eigenvalue weighted by molar-refractivity contribution is -0.123. The van der Waals surface area contributed by atoms with Crippen LogP contribution in [0.5, 0.6) is 0 Å². The molecule has 1 aliphatic rings. The summed E-state index contributed by atoms with van der Waals surface area (Å²) in [5.41, 5.74) is 0.955. The highest BCUT2D eigenvalue weighted by Gasteiger charge is 2.27. The van der Waals surface area contributed by atoms with Gasteiger partial charge in [-0.25, -0.2) is 4.79 Å². The van der Waals surface area contributed by atoms with E-state index >= 15 is 0 Å². The molecule has 2 unspecified atom stereocenters. The predicted molar refractivity (Wildman–Crippen MR) is 77.0 cm³/mol. The maximum atomic E-state index is 12.4. The summed E-state index contributed by atoms with van der Waals surface area (Å²) in [5, 5.41) is 12.2. The Bertz CT molecular complexity index is 498. The van der Waals surface area contributed by atoms with Crippen molar-refractivity contribution in [3.63, 3.8) is 0 Å². The van der Waals surface area contributed by atoms with Gasteiger partial charge in [-0.05, 0) is 50.6 Å². The van der Waals surface area contributed by atoms with Gasteiger partial charge in [0.2, 0.25) is 5.91 Å². The summed E-state index contributed by atoms with van der Waals surface area (Å²) in [6.07, 6.45) is 1.69. The fourth-order valence-corrected chi connectivity index (χ4v) is 2.58. The first-order valence-electron chi connectivity index (χ1n) is 6.83. The van der Waals surface area contributed by atoms with Gasteiger partial charge in [0.1, 0.15) is 0 Å². The number of carboxylic acid groups (broad SMARTS) is 1. The van der Waals surface area contributed by atoms with E-state index in [1.54, 1.807) is 24.1 Å². The number of aromatic carboxylic acids is 1. The lowest BCUT2D eigenvalue weighted by atomic mass is 9.92. The van der Waals surface area contributed by atoms with Gasteiger partial charge >= 0.3 is 5.97 Å². The summed E-state index contributed by atoms with van der Waals surface area (Å²) < 4.78 is 0. The van der Waals surface area contributed by atoms with Gasteiger partial charge in [0.15, 0.2) is 0 Å². The van der Waals surface area contributed by atoms with Crippen molar-refractivity contribution in [3.05, 3.63) is 29.8 Å². The first-order valence-corrected chi connectivity index (χ1v) is 6.83. The highest BCUT2D eigenvalue weighted by Crippen LogP contribution is 2.22. The predicted octanol–water partition coefficient (Wildman–Crippen LogP) is 1.74. The molecule has 0 saturated carbocycles. The van der Waals surface area contributed by atoms with Crippen LogP contribution in [-0.2, 0) is 4.79 Å². The van der Waals surface area contributed by atoms with Crippen LogP contribution in [0.15, 0.2) is 24.3 Å². The van der Waals surface area contributed by atoms with Crippen LogP contribution in [0.3, 0.4) is 0 Å². The molecule has 0 aliphatic carbocycles. The van der Waals surface area contributed by atoms with Crippen LogP contribution in [0.1, 0.15) is 30.1 Å². The van der Waals surface area contributed by atoms with Gasteiger partial charge in [-0.2, -0.15) is 0 Å². The zero-order valence-corrected chi connectivity index (χ0v) is 11.8. The van der Waals surface area contributed by atoms with Crippen LogP contribution in [0.4, 0.5) is 5.69 Å². The molecule has 0 spiro atoms.